The van der Waals surface area contributed by atoms with E-state index in [1.807, 2.05) is 42.2 Å². The Hall–Kier alpha value is -4.16. The van der Waals surface area contributed by atoms with Gasteiger partial charge in [-0.3, -0.25) is 14.7 Å². The molecule has 3 N–H and O–H groups in total. The Morgan fingerprint density at radius 3 is 2.49 bits per heavy atom. The molecule has 1 fully saturated rings. The van der Waals surface area contributed by atoms with Crippen molar-refractivity contribution in [1.82, 2.24) is 19.9 Å². The molecule has 1 aliphatic heterocycles. The third-order valence-electron chi connectivity index (χ3n) is 7.08. The van der Waals surface area contributed by atoms with Crippen LogP contribution in [0.1, 0.15) is 19.8 Å². The second-order valence-electron chi connectivity index (χ2n) is 9.44. The molecule has 202 valence electrons. The first-order valence-electron chi connectivity index (χ1n) is 12.6. The van der Waals surface area contributed by atoms with Gasteiger partial charge in [0.25, 0.3) is 0 Å². The van der Waals surface area contributed by atoms with Crippen LogP contribution in [0.4, 0.5) is 15.9 Å². The second-order valence-corrected chi connectivity index (χ2v) is 10.4. The molecular weight excluding hydrogens is 518 g/mol. The van der Waals surface area contributed by atoms with Crippen LogP contribution in [0, 0.1) is 5.41 Å². The Morgan fingerprint density at radius 1 is 1.15 bits per heavy atom. The number of carboxylic acids is 1. The van der Waals surface area contributed by atoms with Crippen LogP contribution in [-0.4, -0.2) is 70.4 Å². The molecule has 39 heavy (non-hydrogen) atoms. The molecule has 11 nitrogen and oxygen atoms in total. The summed E-state index contributed by atoms with van der Waals surface area (Å²) >= 11 is 1.40. The third kappa shape index (κ3) is 5.12. The molecule has 0 radical (unpaired) electrons. The van der Waals surface area contributed by atoms with E-state index in [1.165, 1.54) is 23.3 Å². The summed E-state index contributed by atoms with van der Waals surface area (Å²) in [6, 6.07) is 9.13. The molecule has 4 aromatic rings. The first-order valence-corrected chi connectivity index (χ1v) is 13.4. The summed E-state index contributed by atoms with van der Waals surface area (Å²) in [5, 5.41) is 10.3. The van der Waals surface area contributed by atoms with Crippen LogP contribution in [-0.2, 0) is 9.53 Å². The lowest BCUT2D eigenvalue weighted by molar-refractivity contribution is -0.154. The number of fused-ring (bicyclic) bond motifs is 1. The van der Waals surface area contributed by atoms with E-state index in [4.69, 9.17) is 15.5 Å². The van der Waals surface area contributed by atoms with E-state index in [-0.39, 0.29) is 6.61 Å². The standard InChI is InChI=1S/C27H29N7O4S/c1-3-34(24(28)37)26-32-21-13-17(12-19(22(21)39-26)20-6-4-5-9-29-20)18-14-30-25(31-15-18)33-10-7-27(8-11-33,16-38-2)23(35)36/h4-6,9,12-15H,3,7-8,10-11,16H2,1-2H3,(H2,28,37)(H,35,36). The molecule has 1 saturated heterocycles. The number of primary amides is 1. The van der Waals surface area contributed by atoms with E-state index in [9.17, 15) is 14.7 Å². The Balaban J connectivity index is 1.47. The number of thiazole rings is 1. The maximum absolute atomic E-state index is 12.0. The highest BCUT2D eigenvalue weighted by Gasteiger charge is 2.42. The summed E-state index contributed by atoms with van der Waals surface area (Å²) in [5.41, 5.74) is 8.74. The highest BCUT2D eigenvalue weighted by molar-refractivity contribution is 7.23. The predicted molar refractivity (Wildman–Crippen MR) is 150 cm³/mol. The van der Waals surface area contributed by atoms with Gasteiger partial charge in [-0.15, -0.1) is 0 Å². The third-order valence-corrected chi connectivity index (χ3v) is 8.21. The molecule has 1 aromatic carbocycles. The van der Waals surface area contributed by atoms with E-state index in [2.05, 4.69) is 15.0 Å². The van der Waals surface area contributed by atoms with Crippen molar-refractivity contribution in [3.63, 3.8) is 0 Å². The molecule has 2 amide bonds. The number of nitrogens with two attached hydrogens (primary N) is 1. The maximum Gasteiger partial charge on any atom is 0.321 e. The number of anilines is 2. The van der Waals surface area contributed by atoms with E-state index in [0.29, 0.717) is 43.6 Å². The smallest absolute Gasteiger partial charge is 0.321 e. The minimum Gasteiger partial charge on any atom is -0.481 e. The number of aliphatic carboxylic acids is 1. The number of carboxylic acid groups (broad SMARTS) is 1. The van der Waals surface area contributed by atoms with Gasteiger partial charge in [0.05, 0.1) is 27.9 Å². The van der Waals surface area contributed by atoms with Gasteiger partial charge < -0.3 is 20.5 Å². The number of urea groups is 1. The van der Waals surface area contributed by atoms with Gasteiger partial charge in [-0.1, -0.05) is 17.4 Å². The fourth-order valence-corrected chi connectivity index (χ4v) is 6.00. The molecule has 0 bridgehead atoms. The molecule has 0 aliphatic carbocycles. The van der Waals surface area contributed by atoms with Gasteiger partial charge in [-0.2, -0.15) is 0 Å². The van der Waals surface area contributed by atoms with Gasteiger partial charge >= 0.3 is 12.0 Å². The van der Waals surface area contributed by atoms with Gasteiger partial charge in [-0.25, -0.2) is 19.7 Å². The highest BCUT2D eigenvalue weighted by atomic mass is 32.1. The molecular formula is C27H29N7O4S. The topological polar surface area (TPSA) is 148 Å². The summed E-state index contributed by atoms with van der Waals surface area (Å²) in [4.78, 5) is 45.7. The van der Waals surface area contributed by atoms with E-state index in [0.717, 1.165) is 32.6 Å². The van der Waals surface area contributed by atoms with Crippen LogP contribution >= 0.6 is 11.3 Å². The molecule has 4 heterocycles. The number of benzene rings is 1. The number of nitrogens with zero attached hydrogens (tertiary/aromatic N) is 6. The van der Waals surface area contributed by atoms with Crippen molar-refractivity contribution in [2.45, 2.75) is 19.8 Å². The molecule has 5 rings (SSSR count). The number of methoxy groups -OCH3 is 1. The monoisotopic (exact) mass is 547 g/mol. The first kappa shape index (κ1) is 26.4. The van der Waals surface area contributed by atoms with Gasteiger partial charge in [0.15, 0.2) is 5.13 Å². The number of hydrogen-bond acceptors (Lipinski definition) is 9. The molecule has 1 aliphatic rings. The van der Waals surface area contributed by atoms with Crippen molar-refractivity contribution in [2.24, 2.45) is 11.1 Å². The zero-order valence-electron chi connectivity index (χ0n) is 21.7. The van der Waals surface area contributed by atoms with Crippen molar-refractivity contribution in [3.8, 4) is 22.4 Å². The maximum atomic E-state index is 12.0. The van der Waals surface area contributed by atoms with Crippen molar-refractivity contribution in [3.05, 3.63) is 48.9 Å². The van der Waals surface area contributed by atoms with E-state index < -0.39 is 17.4 Å². The number of hydrogen-bond donors (Lipinski definition) is 2. The molecule has 0 unspecified atom stereocenters. The minimum absolute atomic E-state index is 0.185. The van der Waals surface area contributed by atoms with Crippen LogP contribution in [0.3, 0.4) is 0 Å². The number of rotatable bonds is 8. The summed E-state index contributed by atoms with van der Waals surface area (Å²) in [6.45, 7) is 3.50. The number of carbonyl (C=O) groups is 2. The van der Waals surface area contributed by atoms with Gasteiger partial charge in [-0.05, 0) is 49.6 Å². The van der Waals surface area contributed by atoms with Crippen LogP contribution in [0.25, 0.3) is 32.6 Å². The largest absolute Gasteiger partial charge is 0.481 e. The summed E-state index contributed by atoms with van der Waals surface area (Å²) in [5.74, 6) is -0.278. The zero-order valence-corrected chi connectivity index (χ0v) is 22.5. The molecule has 0 saturated carbocycles. The Morgan fingerprint density at radius 2 is 1.90 bits per heavy atom. The van der Waals surface area contributed by atoms with Gasteiger partial charge in [0.2, 0.25) is 5.95 Å². The molecule has 0 atom stereocenters. The second kappa shape index (κ2) is 10.9. The summed E-state index contributed by atoms with van der Waals surface area (Å²) in [7, 11) is 1.53. The lowest BCUT2D eigenvalue weighted by Gasteiger charge is -2.38. The normalized spacial score (nSPS) is 14.9. The SMILES string of the molecule is CCN(C(N)=O)c1nc2cc(-c3cnc(N4CCC(COC)(C(=O)O)CC4)nc3)cc(-c3ccccn3)c2s1. The average molecular weight is 548 g/mol. The van der Waals surface area contributed by atoms with Crippen LogP contribution in [0.2, 0.25) is 0 Å². The summed E-state index contributed by atoms with van der Waals surface area (Å²) < 4.78 is 6.09. The van der Waals surface area contributed by atoms with E-state index in [1.54, 1.807) is 18.6 Å². The Bertz CT molecular complexity index is 1490. The van der Waals surface area contributed by atoms with Gasteiger partial charge in [0, 0.05) is 56.5 Å². The minimum atomic E-state index is -0.878. The molecule has 3 aromatic heterocycles. The van der Waals surface area contributed by atoms with Crippen LogP contribution in [0.5, 0.6) is 0 Å². The number of pyridine rings is 1. The number of amides is 2. The number of piperidine rings is 1. The van der Waals surface area contributed by atoms with E-state index >= 15 is 0 Å². The number of ether oxygens (including phenoxy) is 1. The van der Waals surface area contributed by atoms with Crippen molar-refractivity contribution < 1.29 is 19.4 Å². The highest BCUT2D eigenvalue weighted by Crippen LogP contribution is 2.39. The van der Waals surface area contributed by atoms with Crippen molar-refractivity contribution >= 4 is 44.6 Å². The fraction of sp³-hybridized carbons (Fsp3) is 0.333. The Kier molecular flexibility index (Phi) is 7.40. The summed E-state index contributed by atoms with van der Waals surface area (Å²) in [6.07, 6.45) is 6.17. The average Bonchev–Trinajstić information content (AvgIpc) is 3.37. The lowest BCUT2D eigenvalue weighted by atomic mass is 9.79. The number of carbonyl (C=O) groups excluding carboxylic acids is 1. The number of aromatic nitrogens is 4. The molecule has 12 heteroatoms. The predicted octanol–water partition coefficient (Wildman–Crippen LogP) is 4.04. The van der Waals surface area contributed by atoms with Crippen LogP contribution in [0.15, 0.2) is 48.9 Å². The Labute approximate surface area is 229 Å². The fourth-order valence-electron chi connectivity index (χ4n) is 4.87. The quantitative estimate of drug-likeness (QED) is 0.333. The first-order chi connectivity index (χ1) is 18.8. The zero-order chi connectivity index (χ0) is 27.6. The van der Waals surface area contributed by atoms with Gasteiger partial charge in [0.1, 0.15) is 0 Å². The van der Waals surface area contributed by atoms with Crippen LogP contribution < -0.4 is 15.5 Å². The molecule has 0 spiro atoms. The van der Waals surface area contributed by atoms with Crippen molar-refractivity contribution in [1.29, 1.82) is 0 Å². The lowest BCUT2D eigenvalue weighted by Crippen LogP contribution is -2.47. The van der Waals surface area contributed by atoms with Crippen molar-refractivity contribution in [2.75, 3.05) is 43.2 Å².